The lowest BCUT2D eigenvalue weighted by Crippen LogP contribution is -2.31. The highest BCUT2D eigenvalue weighted by Gasteiger charge is 2.29. The third-order valence-corrected chi connectivity index (χ3v) is 5.85. The molecule has 0 radical (unpaired) electrons. The Kier molecular flexibility index (Phi) is 4.75. The fraction of sp³-hybridized carbons (Fsp3) is 0.250. The molecule has 152 valence electrons. The molecule has 1 atom stereocenters. The van der Waals surface area contributed by atoms with Gasteiger partial charge in [0.05, 0.1) is 24.9 Å². The SMILES string of the molecule is COc1cccc(-n2cc(CNC(=O)C3CCCc4c3[nH]c3ccccc43)cn2)c1. The second-order valence-corrected chi connectivity index (χ2v) is 7.72. The number of hydrogen-bond donors (Lipinski definition) is 2. The van der Waals surface area contributed by atoms with Crippen molar-refractivity contribution in [3.8, 4) is 11.4 Å². The Balaban J connectivity index is 1.30. The Morgan fingerprint density at radius 2 is 2.17 bits per heavy atom. The van der Waals surface area contributed by atoms with Gasteiger partial charge in [0.2, 0.25) is 5.91 Å². The number of aromatic nitrogens is 3. The maximum atomic E-state index is 13.0. The molecule has 2 N–H and O–H groups in total. The molecule has 6 heteroatoms. The van der Waals surface area contributed by atoms with Gasteiger partial charge in [0.1, 0.15) is 5.75 Å². The average molecular weight is 400 g/mol. The summed E-state index contributed by atoms with van der Waals surface area (Å²) >= 11 is 0. The molecule has 0 spiro atoms. The molecule has 30 heavy (non-hydrogen) atoms. The van der Waals surface area contributed by atoms with Crippen LogP contribution in [0.5, 0.6) is 5.75 Å². The number of aromatic amines is 1. The third kappa shape index (κ3) is 3.34. The van der Waals surface area contributed by atoms with Crippen LogP contribution >= 0.6 is 0 Å². The van der Waals surface area contributed by atoms with Crippen molar-refractivity contribution in [3.63, 3.8) is 0 Å². The quantitative estimate of drug-likeness (QED) is 0.530. The Morgan fingerprint density at radius 3 is 3.07 bits per heavy atom. The van der Waals surface area contributed by atoms with E-state index in [0.29, 0.717) is 6.54 Å². The number of benzene rings is 2. The van der Waals surface area contributed by atoms with Gasteiger partial charge in [-0.1, -0.05) is 24.3 Å². The highest BCUT2D eigenvalue weighted by atomic mass is 16.5. The fourth-order valence-corrected chi connectivity index (χ4v) is 4.34. The lowest BCUT2D eigenvalue weighted by atomic mass is 9.86. The number of rotatable bonds is 5. The van der Waals surface area contributed by atoms with E-state index in [1.54, 1.807) is 18.0 Å². The number of carbonyl (C=O) groups is 1. The van der Waals surface area contributed by atoms with Gasteiger partial charge in [0.15, 0.2) is 0 Å². The summed E-state index contributed by atoms with van der Waals surface area (Å²) in [5.74, 6) is 0.718. The van der Waals surface area contributed by atoms with Crippen LogP contribution in [0.15, 0.2) is 60.9 Å². The van der Waals surface area contributed by atoms with E-state index in [9.17, 15) is 4.79 Å². The van der Waals surface area contributed by atoms with Crippen molar-refractivity contribution in [3.05, 3.63) is 77.7 Å². The molecule has 0 saturated carbocycles. The topological polar surface area (TPSA) is 71.9 Å². The third-order valence-electron chi connectivity index (χ3n) is 5.85. The monoisotopic (exact) mass is 400 g/mol. The molecule has 5 rings (SSSR count). The zero-order valence-electron chi connectivity index (χ0n) is 16.9. The number of para-hydroxylation sites is 1. The fourth-order valence-electron chi connectivity index (χ4n) is 4.34. The Hall–Kier alpha value is -3.54. The lowest BCUT2D eigenvalue weighted by molar-refractivity contribution is -0.123. The summed E-state index contributed by atoms with van der Waals surface area (Å²) in [6, 6.07) is 16.0. The number of H-pyrrole nitrogens is 1. The number of fused-ring (bicyclic) bond motifs is 3. The summed E-state index contributed by atoms with van der Waals surface area (Å²) in [6.07, 6.45) is 6.64. The number of amides is 1. The zero-order chi connectivity index (χ0) is 20.5. The number of aryl methyl sites for hydroxylation is 1. The molecule has 0 fully saturated rings. The number of hydrogen-bond acceptors (Lipinski definition) is 3. The Bertz CT molecular complexity index is 1210. The van der Waals surface area contributed by atoms with E-state index < -0.39 is 0 Å². The number of carbonyl (C=O) groups excluding carboxylic acids is 1. The first kappa shape index (κ1) is 18.5. The van der Waals surface area contributed by atoms with Gasteiger partial charge >= 0.3 is 0 Å². The minimum atomic E-state index is -0.130. The van der Waals surface area contributed by atoms with Gasteiger partial charge in [0.25, 0.3) is 0 Å². The molecule has 0 bridgehead atoms. The summed E-state index contributed by atoms with van der Waals surface area (Å²) in [5.41, 5.74) is 5.36. The van der Waals surface area contributed by atoms with E-state index in [-0.39, 0.29) is 11.8 Å². The molecule has 0 saturated heterocycles. The van der Waals surface area contributed by atoms with E-state index in [1.165, 1.54) is 10.9 Å². The second kappa shape index (κ2) is 7.71. The van der Waals surface area contributed by atoms with E-state index in [1.807, 2.05) is 36.5 Å². The standard InChI is InChI=1S/C24H24N4O2/c1-30-18-7-4-6-17(12-18)28-15-16(14-26-28)13-25-24(29)21-10-5-9-20-19-8-2-3-11-22(19)27-23(20)21/h2-4,6-8,11-12,14-15,21,27H,5,9-10,13H2,1H3,(H,25,29). The highest BCUT2D eigenvalue weighted by Crippen LogP contribution is 2.36. The van der Waals surface area contributed by atoms with Crippen LogP contribution in [-0.2, 0) is 17.8 Å². The second-order valence-electron chi connectivity index (χ2n) is 7.72. The lowest BCUT2D eigenvalue weighted by Gasteiger charge is -2.22. The zero-order valence-corrected chi connectivity index (χ0v) is 16.9. The largest absolute Gasteiger partial charge is 0.497 e. The van der Waals surface area contributed by atoms with Crippen LogP contribution in [0, 0.1) is 0 Å². The molecule has 1 amide bonds. The van der Waals surface area contributed by atoms with Crippen LogP contribution in [0.1, 0.15) is 35.6 Å². The number of methoxy groups -OCH3 is 1. The van der Waals surface area contributed by atoms with Crippen molar-refractivity contribution in [1.29, 1.82) is 0 Å². The van der Waals surface area contributed by atoms with Gasteiger partial charge < -0.3 is 15.0 Å². The van der Waals surface area contributed by atoms with Crippen molar-refractivity contribution in [2.75, 3.05) is 7.11 Å². The summed E-state index contributed by atoms with van der Waals surface area (Å²) in [5, 5.41) is 8.77. The number of nitrogens with one attached hydrogen (secondary N) is 2. The van der Waals surface area contributed by atoms with E-state index >= 15 is 0 Å². The molecule has 1 aliphatic carbocycles. The Morgan fingerprint density at radius 1 is 1.27 bits per heavy atom. The molecule has 4 aromatic rings. The normalized spacial score (nSPS) is 15.7. The maximum absolute atomic E-state index is 13.0. The van der Waals surface area contributed by atoms with Gasteiger partial charge in [0, 0.05) is 41.0 Å². The highest BCUT2D eigenvalue weighted by molar-refractivity contribution is 5.90. The summed E-state index contributed by atoms with van der Waals surface area (Å²) < 4.78 is 7.07. The van der Waals surface area contributed by atoms with Crippen molar-refractivity contribution in [2.24, 2.45) is 0 Å². The van der Waals surface area contributed by atoms with Crippen LogP contribution in [0.25, 0.3) is 16.6 Å². The van der Waals surface area contributed by atoms with Gasteiger partial charge in [-0.2, -0.15) is 5.10 Å². The van der Waals surface area contributed by atoms with E-state index in [2.05, 4.69) is 33.6 Å². The van der Waals surface area contributed by atoms with Crippen LogP contribution < -0.4 is 10.1 Å². The number of nitrogens with zero attached hydrogens (tertiary/aromatic N) is 2. The molecule has 2 heterocycles. The summed E-state index contributed by atoms with van der Waals surface area (Å²) in [7, 11) is 1.65. The average Bonchev–Trinajstić information content (AvgIpc) is 3.42. The predicted molar refractivity (Wildman–Crippen MR) is 116 cm³/mol. The first-order chi connectivity index (χ1) is 14.7. The first-order valence-electron chi connectivity index (χ1n) is 10.3. The number of ether oxygens (including phenoxy) is 1. The maximum Gasteiger partial charge on any atom is 0.229 e. The minimum absolute atomic E-state index is 0.0663. The van der Waals surface area contributed by atoms with Crippen molar-refractivity contribution in [2.45, 2.75) is 31.7 Å². The van der Waals surface area contributed by atoms with Gasteiger partial charge in [-0.05, 0) is 43.0 Å². The van der Waals surface area contributed by atoms with E-state index in [0.717, 1.165) is 47.5 Å². The van der Waals surface area contributed by atoms with Crippen molar-refractivity contribution < 1.29 is 9.53 Å². The molecule has 6 nitrogen and oxygen atoms in total. The Labute approximate surface area is 174 Å². The molecule has 1 aliphatic rings. The molecular weight excluding hydrogens is 376 g/mol. The van der Waals surface area contributed by atoms with Gasteiger partial charge in [-0.15, -0.1) is 0 Å². The molecule has 2 aromatic carbocycles. The van der Waals surface area contributed by atoms with Gasteiger partial charge in [-0.3, -0.25) is 4.79 Å². The minimum Gasteiger partial charge on any atom is -0.497 e. The van der Waals surface area contributed by atoms with Crippen molar-refractivity contribution in [1.82, 2.24) is 20.1 Å². The molecular formula is C24H24N4O2. The first-order valence-corrected chi connectivity index (χ1v) is 10.3. The van der Waals surface area contributed by atoms with E-state index in [4.69, 9.17) is 4.74 Å². The summed E-state index contributed by atoms with van der Waals surface area (Å²) in [4.78, 5) is 16.5. The summed E-state index contributed by atoms with van der Waals surface area (Å²) in [6.45, 7) is 0.453. The van der Waals surface area contributed by atoms with Gasteiger partial charge in [-0.25, -0.2) is 4.68 Å². The van der Waals surface area contributed by atoms with Crippen LogP contribution in [0.2, 0.25) is 0 Å². The van der Waals surface area contributed by atoms with Crippen molar-refractivity contribution >= 4 is 16.8 Å². The molecule has 2 aromatic heterocycles. The predicted octanol–water partition coefficient (Wildman–Crippen LogP) is 4.10. The van der Waals surface area contributed by atoms with Crippen LogP contribution in [0.3, 0.4) is 0 Å². The molecule has 0 aliphatic heterocycles. The van der Waals surface area contributed by atoms with Crippen LogP contribution in [0.4, 0.5) is 0 Å². The smallest absolute Gasteiger partial charge is 0.229 e. The molecule has 1 unspecified atom stereocenters. The van der Waals surface area contributed by atoms with Crippen LogP contribution in [-0.4, -0.2) is 27.8 Å².